The molecule has 2 amide bonds. The molecule has 0 heterocycles. The molecule has 0 saturated heterocycles. The minimum Gasteiger partial charge on any atom is -0.396 e. The van der Waals surface area contributed by atoms with Gasteiger partial charge in [0, 0.05) is 20.1 Å². The quantitative estimate of drug-likeness (QED) is 0.315. The Morgan fingerprint density at radius 2 is 1.70 bits per heavy atom. The number of nitrogens with one attached hydrogen (secondary N) is 2. The third kappa shape index (κ3) is 7.02. The molecule has 2 aromatic carbocycles. The van der Waals surface area contributed by atoms with Crippen molar-refractivity contribution in [2.45, 2.75) is 25.2 Å². The fourth-order valence-corrected chi connectivity index (χ4v) is 3.32. The highest BCUT2D eigenvalue weighted by Crippen LogP contribution is 2.20. The first kappa shape index (κ1) is 23.1. The standard InChI is InChI=1S/C21H24N2O6S/c1-15-4-10-19(11-5-15)30(27,28)29-18-8-6-17(7-9-18)14-20(23-16(2)25)21(26)22-12-3-13-24/h4-11,14,24H,3,12-13H2,1-2H3,(H,22,26)(H,23,25)/b20-14+. The van der Waals surface area contributed by atoms with E-state index in [9.17, 15) is 18.0 Å². The average Bonchev–Trinajstić information content (AvgIpc) is 2.69. The van der Waals surface area contributed by atoms with Crippen LogP contribution in [-0.4, -0.2) is 38.5 Å². The van der Waals surface area contributed by atoms with Crippen molar-refractivity contribution in [2.75, 3.05) is 13.2 Å². The maximum absolute atomic E-state index is 12.4. The minimum atomic E-state index is -3.97. The molecular weight excluding hydrogens is 408 g/mol. The van der Waals surface area contributed by atoms with Gasteiger partial charge in [0.25, 0.3) is 5.91 Å². The second-order valence-corrected chi connectivity index (χ2v) is 8.04. The molecule has 0 unspecified atom stereocenters. The van der Waals surface area contributed by atoms with Gasteiger partial charge in [0.15, 0.2) is 0 Å². The first-order chi connectivity index (χ1) is 14.2. The predicted octanol–water partition coefficient (Wildman–Crippen LogP) is 1.74. The fraction of sp³-hybridized carbons (Fsp3) is 0.238. The average molecular weight is 432 g/mol. The van der Waals surface area contributed by atoms with Gasteiger partial charge in [-0.05, 0) is 49.2 Å². The van der Waals surface area contributed by atoms with Crippen LogP contribution in [0.5, 0.6) is 5.75 Å². The van der Waals surface area contributed by atoms with Gasteiger partial charge in [0.1, 0.15) is 16.3 Å². The van der Waals surface area contributed by atoms with Crippen LogP contribution < -0.4 is 14.8 Å². The molecule has 30 heavy (non-hydrogen) atoms. The molecule has 9 heteroatoms. The lowest BCUT2D eigenvalue weighted by Gasteiger charge is -2.10. The monoisotopic (exact) mass is 432 g/mol. The Hall–Kier alpha value is -3.17. The van der Waals surface area contributed by atoms with Crippen LogP contribution in [0, 0.1) is 6.92 Å². The van der Waals surface area contributed by atoms with Crippen LogP contribution in [0.2, 0.25) is 0 Å². The molecule has 8 nitrogen and oxygen atoms in total. The Balaban J connectivity index is 2.16. The van der Waals surface area contributed by atoms with E-state index in [-0.39, 0.29) is 29.5 Å². The van der Waals surface area contributed by atoms with E-state index in [2.05, 4.69) is 10.6 Å². The van der Waals surface area contributed by atoms with E-state index < -0.39 is 21.9 Å². The molecular formula is C21H24N2O6S. The van der Waals surface area contributed by atoms with Crippen molar-refractivity contribution < 1.29 is 27.3 Å². The molecule has 160 valence electrons. The predicted molar refractivity (Wildman–Crippen MR) is 112 cm³/mol. The number of amides is 2. The number of aryl methyl sites for hydroxylation is 1. The minimum absolute atomic E-state index is 0.0291. The summed E-state index contributed by atoms with van der Waals surface area (Å²) >= 11 is 0. The lowest BCUT2D eigenvalue weighted by atomic mass is 10.1. The van der Waals surface area contributed by atoms with Crippen molar-refractivity contribution in [3.8, 4) is 5.75 Å². The zero-order chi connectivity index (χ0) is 22.1. The Labute approximate surface area is 175 Å². The summed E-state index contributed by atoms with van der Waals surface area (Å²) in [4.78, 5) is 23.6. The first-order valence-electron chi connectivity index (χ1n) is 9.21. The van der Waals surface area contributed by atoms with Gasteiger partial charge >= 0.3 is 10.1 Å². The van der Waals surface area contributed by atoms with Crippen molar-refractivity contribution in [1.29, 1.82) is 0 Å². The van der Waals surface area contributed by atoms with Crippen molar-refractivity contribution >= 4 is 28.0 Å². The number of hydrogen-bond acceptors (Lipinski definition) is 6. The van der Waals surface area contributed by atoms with Crippen molar-refractivity contribution in [3.63, 3.8) is 0 Å². The molecule has 3 N–H and O–H groups in total. The summed E-state index contributed by atoms with van der Waals surface area (Å²) < 4.78 is 29.9. The highest BCUT2D eigenvalue weighted by atomic mass is 32.2. The van der Waals surface area contributed by atoms with Gasteiger partial charge < -0.3 is 19.9 Å². The van der Waals surface area contributed by atoms with E-state index in [0.717, 1.165) is 5.56 Å². The largest absolute Gasteiger partial charge is 0.396 e. The van der Waals surface area contributed by atoms with Crippen molar-refractivity contribution in [3.05, 3.63) is 65.4 Å². The maximum atomic E-state index is 12.4. The number of aliphatic hydroxyl groups is 1. The Kier molecular flexibility index (Phi) is 8.14. The zero-order valence-electron chi connectivity index (χ0n) is 16.7. The lowest BCUT2D eigenvalue weighted by Crippen LogP contribution is -2.34. The van der Waals surface area contributed by atoms with Crippen molar-refractivity contribution in [2.24, 2.45) is 0 Å². The van der Waals surface area contributed by atoms with Crippen LogP contribution in [0.25, 0.3) is 6.08 Å². The van der Waals surface area contributed by atoms with E-state index in [1.807, 2.05) is 6.92 Å². The van der Waals surface area contributed by atoms with E-state index in [1.54, 1.807) is 24.3 Å². The van der Waals surface area contributed by atoms with Crippen LogP contribution in [0.4, 0.5) is 0 Å². The summed E-state index contributed by atoms with van der Waals surface area (Å²) in [6, 6.07) is 12.3. The number of carbonyl (C=O) groups excluding carboxylic acids is 2. The van der Waals surface area contributed by atoms with E-state index in [1.165, 1.54) is 37.3 Å². The zero-order valence-corrected chi connectivity index (χ0v) is 17.5. The lowest BCUT2D eigenvalue weighted by molar-refractivity contribution is -0.122. The molecule has 2 rings (SSSR count). The SMILES string of the molecule is CC(=O)N/C(=C/c1ccc(OS(=O)(=O)c2ccc(C)cc2)cc1)C(=O)NCCCO. The Morgan fingerprint density at radius 1 is 1.07 bits per heavy atom. The molecule has 0 saturated carbocycles. The number of aliphatic hydroxyl groups excluding tert-OH is 1. The molecule has 0 atom stereocenters. The number of rotatable bonds is 9. The third-order valence-corrected chi connectivity index (χ3v) is 5.14. The maximum Gasteiger partial charge on any atom is 0.339 e. The molecule has 0 aliphatic rings. The van der Waals surface area contributed by atoms with Crippen LogP contribution in [0.1, 0.15) is 24.5 Å². The molecule has 2 aromatic rings. The van der Waals surface area contributed by atoms with E-state index >= 15 is 0 Å². The highest BCUT2D eigenvalue weighted by Gasteiger charge is 2.16. The summed E-state index contributed by atoms with van der Waals surface area (Å²) in [7, 11) is -3.97. The summed E-state index contributed by atoms with van der Waals surface area (Å²) in [6.45, 7) is 3.33. The van der Waals surface area contributed by atoms with Crippen LogP contribution in [-0.2, 0) is 19.7 Å². The normalized spacial score (nSPS) is 11.6. The van der Waals surface area contributed by atoms with Crippen molar-refractivity contribution in [1.82, 2.24) is 10.6 Å². The topological polar surface area (TPSA) is 122 Å². The third-order valence-electron chi connectivity index (χ3n) is 3.88. The molecule has 0 fully saturated rings. The van der Waals surface area contributed by atoms with E-state index in [4.69, 9.17) is 9.29 Å². The van der Waals surface area contributed by atoms with Gasteiger partial charge in [0.2, 0.25) is 5.91 Å². The Morgan fingerprint density at radius 3 is 2.27 bits per heavy atom. The van der Waals surface area contributed by atoms with Crippen LogP contribution in [0.3, 0.4) is 0 Å². The Bertz CT molecular complexity index is 1010. The summed E-state index contributed by atoms with van der Waals surface area (Å²) in [5, 5.41) is 13.8. The van der Waals surface area contributed by atoms with Gasteiger partial charge in [-0.15, -0.1) is 0 Å². The second-order valence-electron chi connectivity index (χ2n) is 6.49. The van der Waals surface area contributed by atoms with Gasteiger partial charge in [-0.25, -0.2) is 0 Å². The van der Waals surface area contributed by atoms with Gasteiger partial charge in [-0.2, -0.15) is 8.42 Å². The van der Waals surface area contributed by atoms with Gasteiger partial charge in [-0.3, -0.25) is 9.59 Å². The summed E-state index contributed by atoms with van der Waals surface area (Å²) in [5.41, 5.74) is 1.51. The molecule has 0 aromatic heterocycles. The molecule has 0 aliphatic carbocycles. The molecule has 0 radical (unpaired) electrons. The van der Waals surface area contributed by atoms with Gasteiger partial charge in [0.05, 0.1) is 0 Å². The van der Waals surface area contributed by atoms with Crippen LogP contribution >= 0.6 is 0 Å². The fourth-order valence-electron chi connectivity index (χ4n) is 2.39. The first-order valence-corrected chi connectivity index (χ1v) is 10.6. The summed E-state index contributed by atoms with van der Waals surface area (Å²) in [6.07, 6.45) is 1.84. The molecule has 0 spiro atoms. The second kappa shape index (κ2) is 10.6. The molecule has 0 aliphatic heterocycles. The summed E-state index contributed by atoms with van der Waals surface area (Å²) in [5.74, 6) is -0.801. The van der Waals surface area contributed by atoms with Gasteiger partial charge in [-0.1, -0.05) is 29.8 Å². The number of benzene rings is 2. The van der Waals surface area contributed by atoms with Crippen LogP contribution in [0.15, 0.2) is 59.1 Å². The smallest absolute Gasteiger partial charge is 0.339 e. The van der Waals surface area contributed by atoms with E-state index in [0.29, 0.717) is 12.0 Å². The number of carbonyl (C=O) groups is 2. The highest BCUT2D eigenvalue weighted by molar-refractivity contribution is 7.87. The number of hydrogen-bond donors (Lipinski definition) is 3. The molecule has 0 bridgehead atoms.